The molecule has 1 aliphatic heterocycles. The molecule has 1 fully saturated rings. The monoisotopic (exact) mass is 257 g/mol. The lowest BCUT2D eigenvalue weighted by Gasteiger charge is -2.25. The summed E-state index contributed by atoms with van der Waals surface area (Å²) in [7, 11) is -2.82. The Morgan fingerprint density at radius 2 is 2.00 bits per heavy atom. The molecule has 0 atom stereocenters. The molecule has 0 amide bonds. The summed E-state index contributed by atoms with van der Waals surface area (Å²) in [5.41, 5.74) is 3.21. The highest BCUT2D eigenvalue weighted by atomic mass is 32.2. The van der Waals surface area contributed by atoms with Crippen LogP contribution in [-0.2, 0) is 16.4 Å². The first-order chi connectivity index (χ1) is 8.09. The molecule has 17 heavy (non-hydrogen) atoms. The van der Waals surface area contributed by atoms with Crippen molar-refractivity contribution >= 4 is 15.7 Å². The molecule has 0 unspecified atom stereocenters. The van der Waals surface area contributed by atoms with Crippen molar-refractivity contribution in [2.24, 2.45) is 5.84 Å². The van der Waals surface area contributed by atoms with E-state index in [-0.39, 0.29) is 11.5 Å². The fourth-order valence-electron chi connectivity index (χ4n) is 1.65. The van der Waals surface area contributed by atoms with Gasteiger partial charge in [0.05, 0.1) is 29.6 Å². The number of hydrazine groups is 1. The van der Waals surface area contributed by atoms with Crippen LogP contribution >= 0.6 is 0 Å². The van der Waals surface area contributed by atoms with E-state index >= 15 is 0 Å². The predicted molar refractivity (Wildman–Crippen MR) is 63.8 cm³/mol. The molecular weight excluding hydrogens is 242 g/mol. The Morgan fingerprint density at radius 1 is 1.29 bits per heavy atom. The van der Waals surface area contributed by atoms with Gasteiger partial charge in [-0.1, -0.05) is 0 Å². The quantitative estimate of drug-likeness (QED) is 0.528. The van der Waals surface area contributed by atoms with E-state index in [9.17, 15) is 8.42 Å². The number of aromatic nitrogens is 2. The van der Waals surface area contributed by atoms with Crippen molar-refractivity contribution in [2.45, 2.75) is 6.54 Å². The standard InChI is InChI=1S/C9H15N5O2S/c10-13-9-6-11-8(5-12-9)7-14-1-3-17(15,16)4-2-14/h5-6H,1-4,7,10H2,(H,12,13). The lowest BCUT2D eigenvalue weighted by molar-refractivity contribution is 0.284. The molecule has 0 spiro atoms. The van der Waals surface area contributed by atoms with Gasteiger partial charge in [-0.3, -0.25) is 9.88 Å². The Kier molecular flexibility index (Phi) is 3.55. The van der Waals surface area contributed by atoms with Crippen molar-refractivity contribution in [1.82, 2.24) is 14.9 Å². The van der Waals surface area contributed by atoms with Gasteiger partial charge >= 0.3 is 0 Å². The Hall–Kier alpha value is -1.25. The van der Waals surface area contributed by atoms with Gasteiger partial charge in [-0.2, -0.15) is 0 Å². The van der Waals surface area contributed by atoms with E-state index in [0.717, 1.165) is 5.69 Å². The minimum Gasteiger partial charge on any atom is -0.307 e. The van der Waals surface area contributed by atoms with Crippen LogP contribution in [0.15, 0.2) is 12.4 Å². The van der Waals surface area contributed by atoms with Gasteiger partial charge in [-0.15, -0.1) is 0 Å². The summed E-state index contributed by atoms with van der Waals surface area (Å²) in [6, 6.07) is 0. The molecule has 3 N–H and O–H groups in total. The molecule has 1 aromatic rings. The SMILES string of the molecule is NNc1cnc(CN2CCS(=O)(=O)CC2)cn1. The maximum atomic E-state index is 11.3. The fraction of sp³-hybridized carbons (Fsp3) is 0.556. The van der Waals surface area contributed by atoms with Crippen molar-refractivity contribution < 1.29 is 8.42 Å². The second kappa shape index (κ2) is 4.94. The zero-order valence-corrected chi connectivity index (χ0v) is 10.2. The van der Waals surface area contributed by atoms with Crippen molar-refractivity contribution in [3.8, 4) is 0 Å². The molecule has 7 nitrogen and oxygen atoms in total. The summed E-state index contributed by atoms with van der Waals surface area (Å²) in [6.07, 6.45) is 3.19. The number of nitrogen functional groups attached to an aromatic ring is 1. The van der Waals surface area contributed by atoms with E-state index in [0.29, 0.717) is 25.5 Å². The zero-order valence-electron chi connectivity index (χ0n) is 9.33. The first kappa shape index (κ1) is 12.2. The first-order valence-electron chi connectivity index (χ1n) is 5.29. The van der Waals surface area contributed by atoms with Crippen LogP contribution in [0.5, 0.6) is 0 Å². The van der Waals surface area contributed by atoms with Gasteiger partial charge < -0.3 is 5.43 Å². The summed E-state index contributed by atoms with van der Waals surface area (Å²) in [6.45, 7) is 1.73. The highest BCUT2D eigenvalue weighted by Gasteiger charge is 2.21. The first-order valence-corrected chi connectivity index (χ1v) is 7.11. The van der Waals surface area contributed by atoms with Crippen LogP contribution in [0, 0.1) is 0 Å². The van der Waals surface area contributed by atoms with Gasteiger partial charge in [0, 0.05) is 19.6 Å². The van der Waals surface area contributed by atoms with E-state index in [1.165, 1.54) is 0 Å². The topological polar surface area (TPSA) is 101 Å². The summed E-state index contributed by atoms with van der Waals surface area (Å²) < 4.78 is 22.5. The summed E-state index contributed by atoms with van der Waals surface area (Å²) in [5, 5.41) is 0. The highest BCUT2D eigenvalue weighted by molar-refractivity contribution is 7.91. The van der Waals surface area contributed by atoms with E-state index in [4.69, 9.17) is 5.84 Å². The summed E-state index contributed by atoms with van der Waals surface area (Å²) >= 11 is 0. The second-order valence-electron chi connectivity index (χ2n) is 3.97. The number of nitrogens with two attached hydrogens (primary N) is 1. The lowest BCUT2D eigenvalue weighted by atomic mass is 10.4. The number of nitrogens with one attached hydrogen (secondary N) is 1. The van der Waals surface area contributed by atoms with Crippen LogP contribution in [0.3, 0.4) is 0 Å². The van der Waals surface area contributed by atoms with Gasteiger partial charge in [-0.25, -0.2) is 19.2 Å². The van der Waals surface area contributed by atoms with E-state index in [2.05, 4.69) is 20.3 Å². The molecule has 0 aromatic carbocycles. The summed E-state index contributed by atoms with van der Waals surface area (Å²) in [4.78, 5) is 10.3. The van der Waals surface area contributed by atoms with Crippen LogP contribution in [-0.4, -0.2) is 47.9 Å². The van der Waals surface area contributed by atoms with E-state index in [1.54, 1.807) is 12.4 Å². The van der Waals surface area contributed by atoms with Gasteiger partial charge in [0.15, 0.2) is 15.7 Å². The van der Waals surface area contributed by atoms with Crippen molar-refractivity contribution in [3.63, 3.8) is 0 Å². The van der Waals surface area contributed by atoms with Gasteiger partial charge in [0.2, 0.25) is 0 Å². The number of nitrogens with zero attached hydrogens (tertiary/aromatic N) is 3. The Labute approximate surface area is 99.9 Å². The largest absolute Gasteiger partial charge is 0.307 e. The normalized spacial score (nSPS) is 20.1. The average molecular weight is 257 g/mol. The molecular formula is C9H15N5O2S. The molecule has 8 heteroatoms. The number of hydrogen-bond acceptors (Lipinski definition) is 7. The van der Waals surface area contributed by atoms with Gasteiger partial charge in [0.25, 0.3) is 0 Å². The zero-order chi connectivity index (χ0) is 12.3. The molecule has 1 aromatic heterocycles. The Morgan fingerprint density at radius 3 is 2.53 bits per heavy atom. The number of rotatable bonds is 3. The maximum absolute atomic E-state index is 11.3. The third-order valence-corrected chi connectivity index (χ3v) is 4.29. The van der Waals surface area contributed by atoms with Crippen LogP contribution in [0.25, 0.3) is 0 Å². The van der Waals surface area contributed by atoms with E-state index < -0.39 is 9.84 Å². The van der Waals surface area contributed by atoms with Crippen LogP contribution < -0.4 is 11.3 Å². The third-order valence-electron chi connectivity index (χ3n) is 2.68. The molecule has 94 valence electrons. The summed E-state index contributed by atoms with van der Waals surface area (Å²) in [5.74, 6) is 6.14. The molecule has 0 bridgehead atoms. The molecule has 0 aliphatic carbocycles. The average Bonchev–Trinajstić information content (AvgIpc) is 2.33. The van der Waals surface area contributed by atoms with Gasteiger partial charge in [-0.05, 0) is 0 Å². The van der Waals surface area contributed by atoms with Crippen molar-refractivity contribution in [3.05, 3.63) is 18.1 Å². The van der Waals surface area contributed by atoms with Crippen LogP contribution in [0.1, 0.15) is 5.69 Å². The molecule has 1 aliphatic rings. The maximum Gasteiger partial charge on any atom is 0.158 e. The Bertz CT molecular complexity index is 459. The van der Waals surface area contributed by atoms with Gasteiger partial charge in [0.1, 0.15) is 0 Å². The van der Waals surface area contributed by atoms with Crippen LogP contribution in [0.4, 0.5) is 5.82 Å². The third kappa shape index (κ3) is 3.35. The molecule has 2 rings (SSSR count). The Balaban J connectivity index is 1.93. The smallest absolute Gasteiger partial charge is 0.158 e. The number of anilines is 1. The van der Waals surface area contributed by atoms with E-state index in [1.807, 2.05) is 0 Å². The van der Waals surface area contributed by atoms with Crippen molar-refractivity contribution in [1.29, 1.82) is 0 Å². The minimum absolute atomic E-state index is 0.225. The molecule has 0 saturated carbocycles. The van der Waals surface area contributed by atoms with Crippen molar-refractivity contribution in [2.75, 3.05) is 30.0 Å². The molecule has 1 saturated heterocycles. The highest BCUT2D eigenvalue weighted by Crippen LogP contribution is 2.08. The minimum atomic E-state index is -2.82. The fourth-order valence-corrected chi connectivity index (χ4v) is 2.93. The molecule has 2 heterocycles. The number of hydrogen-bond donors (Lipinski definition) is 2. The second-order valence-corrected chi connectivity index (χ2v) is 6.27. The predicted octanol–water partition coefficient (Wildman–Crippen LogP) is -1.01. The number of sulfone groups is 1. The molecule has 0 radical (unpaired) electrons. The van der Waals surface area contributed by atoms with Crippen LogP contribution in [0.2, 0.25) is 0 Å². The lowest BCUT2D eigenvalue weighted by Crippen LogP contribution is -2.39.